The number of nitrogens with zero attached hydrogens (tertiary/aromatic N) is 2. The highest BCUT2D eigenvalue weighted by Crippen LogP contribution is 2.48. The first-order chi connectivity index (χ1) is 16.9. The lowest BCUT2D eigenvalue weighted by atomic mass is 10.0. The van der Waals surface area contributed by atoms with Crippen LogP contribution in [-0.2, 0) is 4.79 Å². The molecule has 0 saturated heterocycles. The fourth-order valence-corrected chi connectivity index (χ4v) is 4.16. The number of esters is 1. The SMILES string of the molecule is CC(=O)Oc1c(-c2ccc(NC(=O)c3ccc(C)cc3)cc2)c(C2CC2)nn1-c1ccccc1C. The quantitative estimate of drug-likeness (QED) is 0.344. The number of hydrogen-bond acceptors (Lipinski definition) is 4. The number of carbonyl (C=O) groups is 2. The summed E-state index contributed by atoms with van der Waals surface area (Å²) in [5.41, 5.74) is 6.94. The van der Waals surface area contributed by atoms with Gasteiger partial charge in [-0.1, -0.05) is 48.0 Å². The first-order valence-corrected chi connectivity index (χ1v) is 11.8. The first-order valence-electron chi connectivity index (χ1n) is 11.8. The fraction of sp³-hybridized carbons (Fsp3) is 0.207. The Bertz CT molecular complexity index is 1400. The Labute approximate surface area is 204 Å². The maximum Gasteiger partial charge on any atom is 0.309 e. The highest BCUT2D eigenvalue weighted by atomic mass is 16.5. The third-order valence-corrected chi connectivity index (χ3v) is 6.16. The van der Waals surface area contributed by atoms with Gasteiger partial charge in [-0.3, -0.25) is 9.59 Å². The molecule has 6 heteroatoms. The second-order valence-corrected chi connectivity index (χ2v) is 9.03. The highest BCUT2D eigenvalue weighted by molar-refractivity contribution is 6.04. The molecule has 0 radical (unpaired) electrons. The summed E-state index contributed by atoms with van der Waals surface area (Å²) in [5.74, 6) is 0.199. The molecule has 1 aliphatic rings. The molecule has 35 heavy (non-hydrogen) atoms. The minimum Gasteiger partial charge on any atom is -0.407 e. The van der Waals surface area contributed by atoms with Crippen molar-refractivity contribution in [3.8, 4) is 22.7 Å². The van der Waals surface area contributed by atoms with Crippen molar-refractivity contribution in [1.82, 2.24) is 9.78 Å². The van der Waals surface area contributed by atoms with Crippen LogP contribution in [0, 0.1) is 13.8 Å². The highest BCUT2D eigenvalue weighted by Gasteiger charge is 2.34. The number of anilines is 1. The van der Waals surface area contributed by atoms with Crippen LogP contribution in [-0.4, -0.2) is 21.7 Å². The normalized spacial score (nSPS) is 12.9. The second kappa shape index (κ2) is 9.22. The molecule has 1 saturated carbocycles. The molecule has 6 nitrogen and oxygen atoms in total. The number of carbonyl (C=O) groups excluding carboxylic acids is 2. The van der Waals surface area contributed by atoms with Gasteiger partial charge in [-0.25, -0.2) is 0 Å². The predicted octanol–water partition coefficient (Wildman–Crippen LogP) is 6.21. The fourth-order valence-electron chi connectivity index (χ4n) is 4.16. The summed E-state index contributed by atoms with van der Waals surface area (Å²) in [4.78, 5) is 24.7. The number of ether oxygens (including phenoxy) is 1. The van der Waals surface area contributed by atoms with E-state index in [2.05, 4.69) is 5.32 Å². The second-order valence-electron chi connectivity index (χ2n) is 9.03. The van der Waals surface area contributed by atoms with Gasteiger partial charge in [-0.05, 0) is 68.1 Å². The van der Waals surface area contributed by atoms with Gasteiger partial charge in [-0.2, -0.15) is 9.78 Å². The number of hydrogen-bond donors (Lipinski definition) is 1. The van der Waals surface area contributed by atoms with Gasteiger partial charge in [0.25, 0.3) is 5.91 Å². The van der Waals surface area contributed by atoms with Crippen molar-refractivity contribution in [2.75, 3.05) is 5.32 Å². The third-order valence-electron chi connectivity index (χ3n) is 6.16. The van der Waals surface area contributed by atoms with Crippen LogP contribution < -0.4 is 10.1 Å². The molecule has 1 fully saturated rings. The molecular weight excluding hydrogens is 438 g/mol. The summed E-state index contributed by atoms with van der Waals surface area (Å²) in [6.45, 7) is 5.40. The largest absolute Gasteiger partial charge is 0.407 e. The van der Waals surface area contributed by atoms with E-state index in [4.69, 9.17) is 9.84 Å². The Morgan fingerprint density at radius 3 is 2.26 bits per heavy atom. The van der Waals surface area contributed by atoms with Gasteiger partial charge in [0.05, 0.1) is 16.9 Å². The van der Waals surface area contributed by atoms with Crippen molar-refractivity contribution in [1.29, 1.82) is 0 Å². The number of amides is 1. The maximum atomic E-state index is 12.6. The van der Waals surface area contributed by atoms with Crippen molar-refractivity contribution in [2.24, 2.45) is 0 Å². The molecule has 1 N–H and O–H groups in total. The van der Waals surface area contributed by atoms with Gasteiger partial charge in [0, 0.05) is 24.1 Å². The smallest absolute Gasteiger partial charge is 0.309 e. The standard InChI is InChI=1S/C29H27N3O3/c1-18-8-10-23(11-9-18)28(34)30-24-16-14-21(15-17-24)26-27(22-12-13-22)31-32(29(26)35-20(3)33)25-7-5-4-6-19(25)2/h4-11,14-17,22H,12-13H2,1-3H3,(H,30,34). The van der Waals surface area contributed by atoms with Crippen LogP contribution >= 0.6 is 0 Å². The lowest BCUT2D eigenvalue weighted by molar-refractivity contribution is -0.132. The topological polar surface area (TPSA) is 73.2 Å². The van der Waals surface area contributed by atoms with Gasteiger partial charge in [0.15, 0.2) is 0 Å². The summed E-state index contributed by atoms with van der Waals surface area (Å²) in [6.07, 6.45) is 2.12. The molecule has 4 aromatic rings. The number of para-hydroxylation sites is 1. The average Bonchev–Trinajstić information content (AvgIpc) is 3.62. The van der Waals surface area contributed by atoms with Crippen LogP contribution in [0.5, 0.6) is 5.88 Å². The molecule has 176 valence electrons. The van der Waals surface area contributed by atoms with E-state index in [-0.39, 0.29) is 5.91 Å². The molecular formula is C29H27N3O3. The Morgan fingerprint density at radius 2 is 1.63 bits per heavy atom. The average molecular weight is 466 g/mol. The molecule has 0 aliphatic heterocycles. The molecule has 0 bridgehead atoms. The van der Waals surface area contributed by atoms with Crippen LogP contribution in [0.15, 0.2) is 72.8 Å². The van der Waals surface area contributed by atoms with E-state index in [0.29, 0.717) is 23.0 Å². The lowest BCUT2D eigenvalue weighted by Crippen LogP contribution is -2.11. The number of nitrogens with one attached hydrogen (secondary N) is 1. The van der Waals surface area contributed by atoms with E-state index in [0.717, 1.165) is 46.5 Å². The van der Waals surface area contributed by atoms with Crippen LogP contribution in [0.25, 0.3) is 16.8 Å². The van der Waals surface area contributed by atoms with Gasteiger partial charge < -0.3 is 10.1 Å². The van der Waals surface area contributed by atoms with Gasteiger partial charge in [0.2, 0.25) is 5.88 Å². The minimum absolute atomic E-state index is 0.163. The molecule has 0 unspecified atom stereocenters. The van der Waals surface area contributed by atoms with E-state index >= 15 is 0 Å². The number of aryl methyl sites for hydroxylation is 2. The number of benzene rings is 3. The first kappa shape index (κ1) is 22.6. The summed E-state index contributed by atoms with van der Waals surface area (Å²) < 4.78 is 7.50. The summed E-state index contributed by atoms with van der Waals surface area (Å²) in [7, 11) is 0. The molecule has 1 heterocycles. The summed E-state index contributed by atoms with van der Waals surface area (Å²) in [6, 6.07) is 23.0. The molecule has 0 spiro atoms. The molecule has 1 aliphatic carbocycles. The van der Waals surface area contributed by atoms with Gasteiger partial charge in [0.1, 0.15) is 0 Å². The Hall–Kier alpha value is -4.19. The Balaban J connectivity index is 1.52. The van der Waals surface area contributed by atoms with Crippen molar-refractivity contribution >= 4 is 17.6 Å². The molecule has 1 aromatic heterocycles. The van der Waals surface area contributed by atoms with Crippen LogP contribution in [0.4, 0.5) is 5.69 Å². The number of rotatable bonds is 6. The summed E-state index contributed by atoms with van der Waals surface area (Å²) >= 11 is 0. The molecule has 3 aromatic carbocycles. The molecule has 5 rings (SSSR count). The van der Waals surface area contributed by atoms with Gasteiger partial charge >= 0.3 is 5.97 Å². The van der Waals surface area contributed by atoms with Crippen molar-refractivity contribution < 1.29 is 14.3 Å². The van der Waals surface area contributed by atoms with Gasteiger partial charge in [-0.15, -0.1) is 0 Å². The zero-order valence-electron chi connectivity index (χ0n) is 20.0. The van der Waals surface area contributed by atoms with E-state index in [1.807, 2.05) is 86.6 Å². The molecule has 0 atom stereocenters. The number of aromatic nitrogens is 2. The maximum absolute atomic E-state index is 12.6. The van der Waals surface area contributed by atoms with E-state index < -0.39 is 5.97 Å². The third kappa shape index (κ3) is 4.73. The molecule has 1 amide bonds. The Kier molecular flexibility index (Phi) is 5.95. The van der Waals surface area contributed by atoms with Crippen molar-refractivity contribution in [3.63, 3.8) is 0 Å². The van der Waals surface area contributed by atoms with E-state index in [9.17, 15) is 9.59 Å². The van der Waals surface area contributed by atoms with Crippen LogP contribution in [0.1, 0.15) is 52.9 Å². The monoisotopic (exact) mass is 465 g/mol. The van der Waals surface area contributed by atoms with E-state index in [1.54, 1.807) is 4.68 Å². The van der Waals surface area contributed by atoms with E-state index in [1.165, 1.54) is 6.92 Å². The van der Waals surface area contributed by atoms with Crippen LogP contribution in [0.3, 0.4) is 0 Å². The van der Waals surface area contributed by atoms with Crippen molar-refractivity contribution in [2.45, 2.75) is 39.5 Å². The predicted molar refractivity (Wildman–Crippen MR) is 136 cm³/mol. The zero-order chi connectivity index (χ0) is 24.5. The zero-order valence-corrected chi connectivity index (χ0v) is 20.0. The van der Waals surface area contributed by atoms with Crippen LogP contribution in [0.2, 0.25) is 0 Å². The lowest BCUT2D eigenvalue weighted by Gasteiger charge is -2.11. The Morgan fingerprint density at radius 1 is 0.943 bits per heavy atom. The summed E-state index contributed by atoms with van der Waals surface area (Å²) in [5, 5.41) is 7.87. The minimum atomic E-state index is -0.398. The van der Waals surface area contributed by atoms with Crippen molar-refractivity contribution in [3.05, 3.63) is 95.2 Å².